The zero-order chi connectivity index (χ0) is 13.9. The minimum absolute atomic E-state index is 0.182. The predicted molar refractivity (Wildman–Crippen MR) is 80.0 cm³/mol. The Morgan fingerprint density at radius 3 is 2.40 bits per heavy atom. The van der Waals surface area contributed by atoms with E-state index in [1.54, 1.807) is 14.2 Å². The van der Waals surface area contributed by atoms with Crippen LogP contribution in [0.5, 0.6) is 11.5 Å². The number of hydrogen-bond acceptors (Lipinski definition) is 3. The van der Waals surface area contributed by atoms with Crippen molar-refractivity contribution in [2.45, 2.75) is 12.5 Å². The highest BCUT2D eigenvalue weighted by molar-refractivity contribution is 5.84. The fourth-order valence-electron chi connectivity index (χ4n) is 2.54. The lowest BCUT2D eigenvalue weighted by molar-refractivity contribution is 0.354. The van der Waals surface area contributed by atoms with Gasteiger partial charge in [0.15, 0.2) is 11.5 Å². The maximum absolute atomic E-state index is 5.37. The van der Waals surface area contributed by atoms with Crippen molar-refractivity contribution in [1.82, 2.24) is 0 Å². The summed E-state index contributed by atoms with van der Waals surface area (Å²) in [6.45, 7) is 0. The summed E-state index contributed by atoms with van der Waals surface area (Å²) in [5.41, 5.74) is 3.59. The molecule has 102 valence electrons. The third kappa shape index (κ3) is 2.27. The van der Waals surface area contributed by atoms with Crippen LogP contribution in [0.3, 0.4) is 0 Å². The number of fused-ring (bicyclic) bond motifs is 1. The lowest BCUT2D eigenvalue weighted by Gasteiger charge is -2.21. The lowest BCUT2D eigenvalue weighted by Crippen LogP contribution is -2.09. The Kier molecular flexibility index (Phi) is 3.42. The van der Waals surface area contributed by atoms with Gasteiger partial charge in [0.05, 0.1) is 20.3 Å². The average molecular weight is 267 g/mol. The van der Waals surface area contributed by atoms with Crippen LogP contribution in [-0.4, -0.2) is 20.4 Å². The van der Waals surface area contributed by atoms with Gasteiger partial charge in [0, 0.05) is 6.21 Å². The molecule has 0 aromatic heterocycles. The molecule has 0 saturated heterocycles. The molecule has 0 N–H and O–H groups in total. The normalized spacial score (nSPS) is 16.6. The minimum atomic E-state index is 0.182. The van der Waals surface area contributed by atoms with Crippen LogP contribution < -0.4 is 9.47 Å². The molecule has 0 aliphatic carbocycles. The molecule has 0 saturated carbocycles. The molecule has 1 aliphatic heterocycles. The number of aliphatic imine (C=N–C) groups is 1. The van der Waals surface area contributed by atoms with Crippen LogP contribution in [-0.2, 0) is 6.42 Å². The molecule has 0 radical (unpaired) electrons. The molecule has 3 nitrogen and oxygen atoms in total. The molecule has 3 rings (SSSR count). The Balaban J connectivity index is 1.96. The van der Waals surface area contributed by atoms with Gasteiger partial charge in [-0.05, 0) is 35.2 Å². The molecule has 1 atom stereocenters. The van der Waals surface area contributed by atoms with Crippen molar-refractivity contribution in [3.05, 3.63) is 59.2 Å². The molecule has 20 heavy (non-hydrogen) atoms. The van der Waals surface area contributed by atoms with Crippen LogP contribution in [0.1, 0.15) is 22.7 Å². The van der Waals surface area contributed by atoms with E-state index in [1.165, 1.54) is 11.1 Å². The SMILES string of the molecule is COc1cc2c(cc1OC)CC(c1ccccc1)N=C2. The molecule has 0 bridgehead atoms. The first-order valence-electron chi connectivity index (χ1n) is 6.65. The molecule has 0 fully saturated rings. The van der Waals surface area contributed by atoms with Crippen molar-refractivity contribution < 1.29 is 9.47 Å². The zero-order valence-corrected chi connectivity index (χ0v) is 11.7. The summed E-state index contributed by atoms with van der Waals surface area (Å²) in [5.74, 6) is 1.52. The quantitative estimate of drug-likeness (QED) is 0.853. The maximum atomic E-state index is 5.37. The van der Waals surface area contributed by atoms with Crippen LogP contribution in [0.15, 0.2) is 47.5 Å². The second kappa shape index (κ2) is 5.37. The summed E-state index contributed by atoms with van der Waals surface area (Å²) >= 11 is 0. The highest BCUT2D eigenvalue weighted by Gasteiger charge is 2.19. The van der Waals surface area contributed by atoms with Gasteiger partial charge in [-0.2, -0.15) is 0 Å². The summed E-state index contributed by atoms with van der Waals surface area (Å²) < 4.78 is 10.7. The van der Waals surface area contributed by atoms with Crippen molar-refractivity contribution in [3.8, 4) is 11.5 Å². The molecule has 3 heteroatoms. The van der Waals surface area contributed by atoms with Gasteiger partial charge in [0.25, 0.3) is 0 Å². The van der Waals surface area contributed by atoms with Gasteiger partial charge in [-0.3, -0.25) is 4.99 Å². The van der Waals surface area contributed by atoms with E-state index < -0.39 is 0 Å². The van der Waals surface area contributed by atoms with E-state index in [1.807, 2.05) is 18.3 Å². The highest BCUT2D eigenvalue weighted by atomic mass is 16.5. The predicted octanol–water partition coefficient (Wildman–Crippen LogP) is 3.42. The third-order valence-corrected chi connectivity index (χ3v) is 3.64. The van der Waals surface area contributed by atoms with Crippen LogP contribution in [0, 0.1) is 0 Å². The molecule has 1 unspecified atom stereocenters. The van der Waals surface area contributed by atoms with E-state index in [-0.39, 0.29) is 6.04 Å². The largest absolute Gasteiger partial charge is 0.493 e. The fourth-order valence-corrected chi connectivity index (χ4v) is 2.54. The lowest BCUT2D eigenvalue weighted by atomic mass is 9.93. The second-order valence-electron chi connectivity index (χ2n) is 4.81. The third-order valence-electron chi connectivity index (χ3n) is 3.64. The second-order valence-corrected chi connectivity index (χ2v) is 4.81. The van der Waals surface area contributed by atoms with Gasteiger partial charge in [-0.15, -0.1) is 0 Å². The van der Waals surface area contributed by atoms with Crippen LogP contribution in [0.25, 0.3) is 0 Å². The average Bonchev–Trinajstić information content (AvgIpc) is 2.53. The summed E-state index contributed by atoms with van der Waals surface area (Å²) in [4.78, 5) is 4.65. The first-order valence-corrected chi connectivity index (χ1v) is 6.65. The minimum Gasteiger partial charge on any atom is -0.493 e. The van der Waals surface area contributed by atoms with E-state index in [2.05, 4.69) is 35.3 Å². The van der Waals surface area contributed by atoms with Crippen molar-refractivity contribution in [2.24, 2.45) is 4.99 Å². The number of hydrogen-bond donors (Lipinski definition) is 0. The van der Waals surface area contributed by atoms with Gasteiger partial charge >= 0.3 is 0 Å². The molecular formula is C17H17NO2. The molecule has 0 amide bonds. The first-order chi connectivity index (χ1) is 9.81. The standard InChI is InChI=1S/C17H17NO2/c1-19-16-9-13-8-15(12-6-4-3-5-7-12)18-11-14(13)10-17(16)20-2/h3-7,9-11,15H,8H2,1-2H3. The molecule has 1 heterocycles. The van der Waals surface area contributed by atoms with E-state index in [9.17, 15) is 0 Å². The molecule has 0 spiro atoms. The number of ether oxygens (including phenoxy) is 2. The number of rotatable bonds is 3. The smallest absolute Gasteiger partial charge is 0.161 e. The van der Waals surface area contributed by atoms with Crippen molar-refractivity contribution in [1.29, 1.82) is 0 Å². The first kappa shape index (κ1) is 12.7. The van der Waals surface area contributed by atoms with Gasteiger partial charge < -0.3 is 9.47 Å². The van der Waals surface area contributed by atoms with Crippen LogP contribution in [0.2, 0.25) is 0 Å². The molecule has 2 aromatic carbocycles. The van der Waals surface area contributed by atoms with Gasteiger partial charge in [-0.25, -0.2) is 0 Å². The van der Waals surface area contributed by atoms with Crippen molar-refractivity contribution in [2.75, 3.05) is 14.2 Å². The van der Waals surface area contributed by atoms with Crippen LogP contribution in [0.4, 0.5) is 0 Å². The van der Waals surface area contributed by atoms with E-state index in [0.29, 0.717) is 0 Å². The Morgan fingerprint density at radius 2 is 1.70 bits per heavy atom. The molecular weight excluding hydrogens is 250 g/mol. The molecule has 2 aromatic rings. The van der Waals surface area contributed by atoms with Gasteiger partial charge in [0.1, 0.15) is 0 Å². The summed E-state index contributed by atoms with van der Waals surface area (Å²) in [7, 11) is 3.31. The Labute approximate surface area is 118 Å². The van der Waals surface area contributed by atoms with Gasteiger partial charge in [0.2, 0.25) is 0 Å². The number of nitrogens with zero attached hydrogens (tertiary/aromatic N) is 1. The molecule has 1 aliphatic rings. The summed E-state index contributed by atoms with van der Waals surface area (Å²) in [6, 6.07) is 14.6. The van der Waals surface area contributed by atoms with E-state index in [0.717, 1.165) is 23.5 Å². The Morgan fingerprint density at radius 1 is 1.00 bits per heavy atom. The maximum Gasteiger partial charge on any atom is 0.161 e. The van der Waals surface area contributed by atoms with Gasteiger partial charge in [-0.1, -0.05) is 30.3 Å². The van der Waals surface area contributed by atoms with E-state index >= 15 is 0 Å². The monoisotopic (exact) mass is 267 g/mol. The zero-order valence-electron chi connectivity index (χ0n) is 11.7. The topological polar surface area (TPSA) is 30.8 Å². The Hall–Kier alpha value is -2.29. The van der Waals surface area contributed by atoms with Crippen LogP contribution >= 0.6 is 0 Å². The summed E-state index contributed by atoms with van der Waals surface area (Å²) in [6.07, 6.45) is 2.81. The highest BCUT2D eigenvalue weighted by Crippen LogP contribution is 2.35. The van der Waals surface area contributed by atoms with Crippen molar-refractivity contribution >= 4 is 6.21 Å². The van der Waals surface area contributed by atoms with E-state index in [4.69, 9.17) is 9.47 Å². The number of methoxy groups -OCH3 is 2. The Bertz CT molecular complexity index is 635. The number of benzene rings is 2. The fraction of sp³-hybridized carbons (Fsp3) is 0.235. The van der Waals surface area contributed by atoms with Crippen molar-refractivity contribution in [3.63, 3.8) is 0 Å². The summed E-state index contributed by atoms with van der Waals surface area (Å²) in [5, 5.41) is 0.